The summed E-state index contributed by atoms with van der Waals surface area (Å²) >= 11 is 8.34. The van der Waals surface area contributed by atoms with E-state index in [1.165, 1.54) is 9.13 Å². The summed E-state index contributed by atoms with van der Waals surface area (Å²) in [4.78, 5) is 4.31. The van der Waals surface area contributed by atoms with Crippen LogP contribution in [0.25, 0.3) is 10.9 Å². The maximum atomic E-state index is 6.04. The van der Waals surface area contributed by atoms with Gasteiger partial charge in [-0.2, -0.15) is 0 Å². The van der Waals surface area contributed by atoms with Gasteiger partial charge in [0.05, 0.1) is 10.5 Å². The first-order valence-electron chi connectivity index (χ1n) is 3.89. The van der Waals surface area contributed by atoms with E-state index in [1.54, 1.807) is 6.20 Å². The molecule has 0 radical (unpaired) electrons. The van der Waals surface area contributed by atoms with Gasteiger partial charge in [-0.3, -0.25) is 4.98 Å². The molecule has 1 aromatic carbocycles. The molecule has 0 unspecified atom stereocenters. The van der Waals surface area contributed by atoms with E-state index in [1.807, 2.05) is 12.1 Å². The number of pyridine rings is 1. The molecule has 1 heterocycles. The summed E-state index contributed by atoms with van der Waals surface area (Å²) < 4.78 is 1.22. The lowest BCUT2D eigenvalue weighted by Crippen LogP contribution is -1.86. The first-order valence-corrected chi connectivity index (χ1v) is 5.35. The van der Waals surface area contributed by atoms with Gasteiger partial charge in [-0.15, -0.1) is 0 Å². The molecule has 2 aromatic rings. The van der Waals surface area contributed by atoms with Crippen LogP contribution in [0.15, 0.2) is 24.4 Å². The number of rotatable bonds is 0. The van der Waals surface area contributed by atoms with Crippen LogP contribution in [0.5, 0.6) is 0 Å². The average Bonchev–Trinajstić information content (AvgIpc) is 2.12. The van der Waals surface area contributed by atoms with E-state index in [0.717, 1.165) is 15.9 Å². The molecule has 0 aliphatic heterocycles. The Bertz CT molecular complexity index is 468. The van der Waals surface area contributed by atoms with Gasteiger partial charge >= 0.3 is 0 Å². The predicted molar refractivity (Wildman–Crippen MR) is 64.2 cm³/mol. The Kier molecular flexibility index (Phi) is 2.43. The fourth-order valence-corrected chi connectivity index (χ4v) is 1.95. The van der Waals surface area contributed by atoms with Gasteiger partial charge in [0.2, 0.25) is 0 Å². The third-order valence-electron chi connectivity index (χ3n) is 2.05. The van der Waals surface area contributed by atoms with Gasteiger partial charge in [-0.1, -0.05) is 17.7 Å². The lowest BCUT2D eigenvalue weighted by molar-refractivity contribution is 1.35. The Morgan fingerprint density at radius 3 is 2.85 bits per heavy atom. The molecule has 1 aromatic heterocycles. The van der Waals surface area contributed by atoms with Gasteiger partial charge in [0.15, 0.2) is 0 Å². The van der Waals surface area contributed by atoms with Crippen LogP contribution < -0.4 is 0 Å². The predicted octanol–water partition coefficient (Wildman–Crippen LogP) is 3.80. The number of fused-ring (bicyclic) bond motifs is 1. The molecule has 0 atom stereocenters. The van der Waals surface area contributed by atoms with Crippen LogP contribution in [-0.4, -0.2) is 4.98 Å². The van der Waals surface area contributed by atoms with Gasteiger partial charge in [-0.05, 0) is 47.2 Å². The summed E-state index contributed by atoms with van der Waals surface area (Å²) in [5.41, 5.74) is 2.19. The Morgan fingerprint density at radius 1 is 1.31 bits per heavy atom. The molecule has 0 fully saturated rings. The topological polar surface area (TPSA) is 12.9 Å². The molecular weight excluding hydrogens is 296 g/mol. The zero-order valence-corrected chi connectivity index (χ0v) is 9.93. The van der Waals surface area contributed by atoms with Crippen LogP contribution in [-0.2, 0) is 0 Å². The molecule has 0 aliphatic carbocycles. The molecule has 3 heteroatoms. The highest BCUT2D eigenvalue weighted by molar-refractivity contribution is 14.1. The lowest BCUT2D eigenvalue weighted by atomic mass is 10.1. The molecule has 13 heavy (non-hydrogen) atoms. The Morgan fingerprint density at radius 2 is 2.08 bits per heavy atom. The smallest absolute Gasteiger partial charge is 0.0756 e. The minimum Gasteiger partial charge on any atom is -0.256 e. The molecule has 0 spiro atoms. The number of aromatic nitrogens is 1. The van der Waals surface area contributed by atoms with Crippen molar-refractivity contribution in [2.75, 3.05) is 0 Å². The van der Waals surface area contributed by atoms with Crippen molar-refractivity contribution in [1.82, 2.24) is 4.98 Å². The summed E-state index contributed by atoms with van der Waals surface area (Å²) in [6, 6.07) is 5.89. The Labute approximate surface area is 95.3 Å². The van der Waals surface area contributed by atoms with Crippen molar-refractivity contribution in [3.05, 3.63) is 38.6 Å². The van der Waals surface area contributed by atoms with Crippen LogP contribution in [0.3, 0.4) is 0 Å². The second-order valence-electron chi connectivity index (χ2n) is 2.86. The lowest BCUT2D eigenvalue weighted by Gasteiger charge is -2.04. The van der Waals surface area contributed by atoms with E-state index in [9.17, 15) is 0 Å². The van der Waals surface area contributed by atoms with E-state index in [4.69, 9.17) is 11.6 Å². The molecule has 0 amide bonds. The van der Waals surface area contributed by atoms with Gasteiger partial charge in [-0.25, -0.2) is 0 Å². The van der Waals surface area contributed by atoms with E-state index in [2.05, 4.69) is 40.6 Å². The van der Waals surface area contributed by atoms with Crippen molar-refractivity contribution in [1.29, 1.82) is 0 Å². The average molecular weight is 304 g/mol. The molecule has 0 N–H and O–H groups in total. The molecular formula is C10H7ClIN. The minimum absolute atomic E-state index is 0.768. The van der Waals surface area contributed by atoms with E-state index < -0.39 is 0 Å². The molecule has 2 rings (SSSR count). The van der Waals surface area contributed by atoms with Crippen LogP contribution >= 0.6 is 34.2 Å². The van der Waals surface area contributed by atoms with Crippen LogP contribution in [0.2, 0.25) is 5.02 Å². The number of hydrogen-bond acceptors (Lipinski definition) is 1. The van der Waals surface area contributed by atoms with Crippen molar-refractivity contribution in [2.24, 2.45) is 0 Å². The van der Waals surface area contributed by atoms with Crippen molar-refractivity contribution < 1.29 is 0 Å². The third-order valence-corrected chi connectivity index (χ3v) is 3.54. The highest BCUT2D eigenvalue weighted by Gasteiger charge is 2.04. The van der Waals surface area contributed by atoms with Crippen molar-refractivity contribution >= 4 is 45.1 Å². The van der Waals surface area contributed by atoms with Crippen LogP contribution in [0, 0.1) is 10.5 Å². The number of halogens is 2. The fraction of sp³-hybridized carbons (Fsp3) is 0.100. The van der Waals surface area contributed by atoms with Gasteiger partial charge in [0.1, 0.15) is 0 Å². The van der Waals surface area contributed by atoms with Gasteiger partial charge < -0.3 is 0 Å². The molecule has 0 aliphatic rings. The monoisotopic (exact) mass is 303 g/mol. The standard InChI is InChI=1S/C10H7ClIN/c1-6-9(12)3-2-7-8(11)4-5-13-10(6)7/h2-5H,1H3. The Balaban J connectivity index is 2.94. The maximum absolute atomic E-state index is 6.04. The normalized spacial score (nSPS) is 10.7. The van der Waals surface area contributed by atoms with Crippen molar-refractivity contribution in [3.8, 4) is 0 Å². The first kappa shape index (κ1) is 9.21. The third kappa shape index (κ3) is 1.53. The first-order chi connectivity index (χ1) is 6.20. The number of aryl methyl sites for hydroxylation is 1. The number of hydrogen-bond donors (Lipinski definition) is 0. The zero-order chi connectivity index (χ0) is 9.42. The highest BCUT2D eigenvalue weighted by atomic mass is 127. The molecule has 1 nitrogen and oxygen atoms in total. The Hall–Kier alpha value is -0.350. The van der Waals surface area contributed by atoms with Crippen molar-refractivity contribution in [2.45, 2.75) is 6.92 Å². The quantitative estimate of drug-likeness (QED) is 0.675. The highest BCUT2D eigenvalue weighted by Crippen LogP contribution is 2.26. The summed E-state index contributed by atoms with van der Waals surface area (Å²) in [6.45, 7) is 2.06. The number of nitrogens with zero attached hydrogens (tertiary/aromatic N) is 1. The summed E-state index contributed by atoms with van der Waals surface area (Å²) in [6.07, 6.45) is 1.74. The summed E-state index contributed by atoms with van der Waals surface area (Å²) in [7, 11) is 0. The van der Waals surface area contributed by atoms with Crippen LogP contribution in [0.1, 0.15) is 5.56 Å². The molecule has 0 bridgehead atoms. The minimum atomic E-state index is 0.768. The van der Waals surface area contributed by atoms with Gasteiger partial charge in [0, 0.05) is 15.2 Å². The second-order valence-corrected chi connectivity index (χ2v) is 4.43. The van der Waals surface area contributed by atoms with E-state index >= 15 is 0 Å². The molecule has 66 valence electrons. The SMILES string of the molecule is Cc1c(I)ccc2c(Cl)ccnc12. The van der Waals surface area contributed by atoms with E-state index in [-0.39, 0.29) is 0 Å². The maximum Gasteiger partial charge on any atom is 0.0756 e. The summed E-state index contributed by atoms with van der Waals surface area (Å²) in [5.74, 6) is 0. The second kappa shape index (κ2) is 3.42. The largest absolute Gasteiger partial charge is 0.256 e. The van der Waals surface area contributed by atoms with E-state index in [0.29, 0.717) is 0 Å². The summed E-state index contributed by atoms with van der Waals surface area (Å²) in [5, 5.41) is 1.80. The zero-order valence-electron chi connectivity index (χ0n) is 7.01. The van der Waals surface area contributed by atoms with Crippen LogP contribution in [0.4, 0.5) is 0 Å². The van der Waals surface area contributed by atoms with Gasteiger partial charge in [0.25, 0.3) is 0 Å². The van der Waals surface area contributed by atoms with Crippen molar-refractivity contribution in [3.63, 3.8) is 0 Å². The molecule has 0 saturated carbocycles. The fourth-order valence-electron chi connectivity index (χ4n) is 1.30. The molecule has 0 saturated heterocycles. The number of benzene rings is 1.